The molecule has 4 nitrogen and oxygen atoms in total. The van der Waals surface area contributed by atoms with Crippen molar-refractivity contribution in [2.45, 2.75) is 12.7 Å². The number of nitrogens with one attached hydrogen (secondary N) is 1. The van der Waals surface area contributed by atoms with Crippen LogP contribution in [-0.4, -0.2) is 10.5 Å². The van der Waals surface area contributed by atoms with Gasteiger partial charge in [-0.05, 0) is 47.3 Å². The van der Waals surface area contributed by atoms with Crippen LogP contribution >= 0.6 is 11.6 Å². The molecule has 0 aliphatic heterocycles. The van der Waals surface area contributed by atoms with Crippen LogP contribution in [-0.2, 0) is 12.7 Å². The van der Waals surface area contributed by atoms with Crippen LogP contribution in [0.2, 0.25) is 5.02 Å². The first-order valence-corrected chi connectivity index (χ1v) is 9.97. The van der Waals surface area contributed by atoms with Gasteiger partial charge < -0.3 is 5.32 Å². The van der Waals surface area contributed by atoms with E-state index in [4.69, 9.17) is 11.6 Å². The van der Waals surface area contributed by atoms with Crippen LogP contribution in [0.3, 0.4) is 0 Å². The first-order valence-electron chi connectivity index (χ1n) is 9.60. The minimum Gasteiger partial charge on any atom is -0.348 e. The molecule has 8 heteroatoms. The summed E-state index contributed by atoms with van der Waals surface area (Å²) in [7, 11) is 0. The molecule has 0 saturated carbocycles. The maximum Gasteiger partial charge on any atom is 0.416 e. The van der Waals surface area contributed by atoms with Gasteiger partial charge in [0.2, 0.25) is 0 Å². The van der Waals surface area contributed by atoms with Crippen molar-refractivity contribution in [3.05, 3.63) is 111 Å². The van der Waals surface area contributed by atoms with Crippen LogP contribution in [0.5, 0.6) is 0 Å². The van der Waals surface area contributed by atoms with Gasteiger partial charge >= 0.3 is 6.18 Å². The number of hydrogen-bond donors (Lipinski definition) is 1. The minimum atomic E-state index is -4.57. The Hall–Kier alpha value is -3.58. The van der Waals surface area contributed by atoms with E-state index in [1.165, 1.54) is 18.2 Å². The average Bonchev–Trinajstić information content (AvgIpc) is 2.77. The van der Waals surface area contributed by atoms with Crippen LogP contribution in [0, 0.1) is 0 Å². The lowest BCUT2D eigenvalue weighted by atomic mass is 10.1. The smallest absolute Gasteiger partial charge is 0.348 e. The summed E-state index contributed by atoms with van der Waals surface area (Å²) in [6.07, 6.45) is -4.57. The maximum absolute atomic E-state index is 13.3. The third kappa shape index (κ3) is 4.24. The molecule has 1 heterocycles. The molecule has 4 rings (SSSR count). The number of fused-ring (bicyclic) bond motifs is 1. The van der Waals surface area contributed by atoms with Crippen molar-refractivity contribution in [1.82, 2.24) is 9.88 Å². The van der Waals surface area contributed by atoms with E-state index in [2.05, 4.69) is 5.32 Å². The first-order chi connectivity index (χ1) is 15.3. The van der Waals surface area contributed by atoms with Crippen LogP contribution in [0.4, 0.5) is 13.2 Å². The normalized spacial score (nSPS) is 11.5. The molecule has 32 heavy (non-hydrogen) atoms. The zero-order valence-corrected chi connectivity index (χ0v) is 17.2. The van der Waals surface area contributed by atoms with E-state index < -0.39 is 23.2 Å². The van der Waals surface area contributed by atoms with Crippen LogP contribution in [0.1, 0.15) is 21.5 Å². The number of halogens is 4. The van der Waals surface area contributed by atoms with Crippen LogP contribution in [0.25, 0.3) is 16.6 Å². The second-order valence-corrected chi connectivity index (χ2v) is 7.49. The number of pyridine rings is 1. The van der Waals surface area contributed by atoms with Crippen molar-refractivity contribution in [3.8, 4) is 5.69 Å². The topological polar surface area (TPSA) is 51.1 Å². The summed E-state index contributed by atoms with van der Waals surface area (Å²) < 4.78 is 40.8. The summed E-state index contributed by atoms with van der Waals surface area (Å²) >= 11 is 6.11. The monoisotopic (exact) mass is 456 g/mol. The highest BCUT2D eigenvalue weighted by molar-refractivity contribution is 6.31. The summed E-state index contributed by atoms with van der Waals surface area (Å²) in [5, 5.41) is 3.66. The molecule has 3 aromatic carbocycles. The second kappa shape index (κ2) is 8.51. The molecule has 0 radical (unpaired) electrons. The summed E-state index contributed by atoms with van der Waals surface area (Å²) in [6.45, 7) is 0.0916. The van der Waals surface area contributed by atoms with Gasteiger partial charge in [0, 0.05) is 17.3 Å². The summed E-state index contributed by atoms with van der Waals surface area (Å²) in [5.41, 5.74) is -0.727. The molecule has 0 atom stereocenters. The fourth-order valence-corrected chi connectivity index (χ4v) is 3.62. The predicted molar refractivity (Wildman–Crippen MR) is 117 cm³/mol. The molecule has 0 spiro atoms. The number of benzene rings is 3. The van der Waals surface area contributed by atoms with Crippen molar-refractivity contribution in [3.63, 3.8) is 0 Å². The number of nitrogens with zero attached hydrogens (tertiary/aromatic N) is 1. The molecular weight excluding hydrogens is 441 g/mol. The number of amides is 1. The zero-order valence-electron chi connectivity index (χ0n) is 16.5. The molecule has 0 unspecified atom stereocenters. The Morgan fingerprint density at radius 3 is 2.41 bits per heavy atom. The number of carbonyl (C=O) groups is 1. The highest BCUT2D eigenvalue weighted by Gasteiger charge is 2.31. The van der Waals surface area contributed by atoms with Crippen molar-refractivity contribution in [2.24, 2.45) is 0 Å². The fraction of sp³-hybridized carbons (Fsp3) is 0.0833. The summed E-state index contributed by atoms with van der Waals surface area (Å²) in [5.74, 6) is -0.651. The first kappa shape index (κ1) is 21.6. The Kier molecular flexibility index (Phi) is 5.76. The number of aromatic nitrogens is 1. The molecule has 1 aromatic heterocycles. The zero-order chi connectivity index (χ0) is 22.9. The lowest BCUT2D eigenvalue weighted by Gasteiger charge is -2.15. The van der Waals surface area contributed by atoms with Crippen LogP contribution in [0.15, 0.2) is 83.7 Å². The fourth-order valence-electron chi connectivity index (χ4n) is 3.41. The molecule has 0 bridgehead atoms. The Labute approximate surface area is 185 Å². The molecule has 1 N–H and O–H groups in total. The Morgan fingerprint density at radius 1 is 0.938 bits per heavy atom. The van der Waals surface area contributed by atoms with E-state index in [-0.39, 0.29) is 17.8 Å². The third-order valence-electron chi connectivity index (χ3n) is 4.98. The Bertz CT molecular complexity index is 1380. The van der Waals surface area contributed by atoms with E-state index >= 15 is 0 Å². The van der Waals surface area contributed by atoms with Crippen molar-refractivity contribution in [2.75, 3.05) is 0 Å². The molecular formula is C24H16ClF3N2O2. The van der Waals surface area contributed by atoms with Gasteiger partial charge in [0.1, 0.15) is 5.56 Å². The second-order valence-electron chi connectivity index (χ2n) is 7.08. The number of hydrogen-bond acceptors (Lipinski definition) is 2. The lowest BCUT2D eigenvalue weighted by molar-refractivity contribution is -0.137. The molecule has 0 saturated heterocycles. The summed E-state index contributed by atoms with van der Waals surface area (Å²) in [4.78, 5) is 26.1. The van der Waals surface area contributed by atoms with Crippen molar-refractivity contribution < 1.29 is 18.0 Å². The van der Waals surface area contributed by atoms with Gasteiger partial charge in [0.05, 0.1) is 11.1 Å². The van der Waals surface area contributed by atoms with Crippen LogP contribution < -0.4 is 10.9 Å². The van der Waals surface area contributed by atoms with Gasteiger partial charge in [0.25, 0.3) is 11.5 Å². The standard InChI is InChI=1S/C24H16ClF3N2O2/c25-20-10-3-1-7-16(20)14-29-22(31)19-12-15-6-2-4-11-21(15)30(23(19)32)18-9-5-8-17(13-18)24(26,27)28/h1-13H,14H2,(H,29,31). The minimum absolute atomic E-state index is 0.0155. The van der Waals surface area contributed by atoms with Crippen molar-refractivity contribution in [1.29, 1.82) is 0 Å². The number of rotatable bonds is 4. The SMILES string of the molecule is O=C(NCc1ccccc1Cl)c1cc2ccccc2n(-c2cccc(C(F)(F)F)c2)c1=O. The van der Waals surface area contributed by atoms with Gasteiger partial charge in [-0.15, -0.1) is 0 Å². The largest absolute Gasteiger partial charge is 0.416 e. The van der Waals surface area contributed by atoms with E-state index in [1.54, 1.807) is 48.5 Å². The van der Waals surface area contributed by atoms with E-state index in [0.29, 0.717) is 21.5 Å². The van der Waals surface area contributed by atoms with Gasteiger partial charge in [-0.1, -0.05) is 54.1 Å². The number of para-hydroxylation sites is 1. The highest BCUT2D eigenvalue weighted by atomic mass is 35.5. The predicted octanol–water partition coefficient (Wildman–Crippen LogP) is 5.59. The van der Waals surface area contributed by atoms with E-state index in [0.717, 1.165) is 16.7 Å². The molecule has 1 amide bonds. The Balaban J connectivity index is 1.81. The molecule has 4 aromatic rings. The molecule has 0 aliphatic carbocycles. The maximum atomic E-state index is 13.3. The molecule has 0 aliphatic rings. The quantitative estimate of drug-likeness (QED) is 0.435. The summed E-state index contributed by atoms with van der Waals surface area (Å²) in [6, 6.07) is 19.5. The highest BCUT2D eigenvalue weighted by Crippen LogP contribution is 2.30. The molecule has 162 valence electrons. The van der Waals surface area contributed by atoms with Gasteiger partial charge in [-0.2, -0.15) is 13.2 Å². The van der Waals surface area contributed by atoms with Gasteiger partial charge in [-0.25, -0.2) is 0 Å². The number of carbonyl (C=O) groups excluding carboxylic acids is 1. The number of alkyl halides is 3. The van der Waals surface area contributed by atoms with Gasteiger partial charge in [0.15, 0.2) is 0 Å². The average molecular weight is 457 g/mol. The van der Waals surface area contributed by atoms with E-state index in [1.807, 2.05) is 0 Å². The van der Waals surface area contributed by atoms with E-state index in [9.17, 15) is 22.8 Å². The lowest BCUT2D eigenvalue weighted by Crippen LogP contribution is -2.32. The third-order valence-corrected chi connectivity index (χ3v) is 5.35. The molecule has 0 fully saturated rings. The van der Waals surface area contributed by atoms with Gasteiger partial charge in [-0.3, -0.25) is 14.2 Å². The van der Waals surface area contributed by atoms with Crippen molar-refractivity contribution >= 4 is 28.4 Å². The Morgan fingerprint density at radius 2 is 1.66 bits per heavy atom.